The summed E-state index contributed by atoms with van der Waals surface area (Å²) in [6.45, 7) is 14.2. The maximum atomic E-state index is 17.1. The van der Waals surface area contributed by atoms with Crippen LogP contribution in [0.5, 0.6) is 0 Å². The van der Waals surface area contributed by atoms with Gasteiger partial charge < -0.3 is 58.7 Å². The van der Waals surface area contributed by atoms with Gasteiger partial charge in [-0.2, -0.15) is 0 Å². The average Bonchev–Trinajstić information content (AvgIpc) is 3.73. The van der Waals surface area contributed by atoms with Crippen molar-refractivity contribution in [2.45, 2.75) is 161 Å². The molecule has 0 spiro atoms. The number of nitrogens with zero attached hydrogens (tertiary/aromatic N) is 4. The first kappa shape index (κ1) is 52.1. The topological polar surface area (TPSA) is 246 Å². The Morgan fingerprint density at radius 3 is 2.45 bits per heavy atom. The molecule has 2 aromatic heterocycles. The van der Waals surface area contributed by atoms with Gasteiger partial charge in [0.2, 0.25) is 11.8 Å². The Labute approximate surface area is 385 Å². The maximum Gasteiger partial charge on any atom is 0.351 e. The monoisotopic (exact) mass is 930 g/mol. The molecule has 1 fully saturated rings. The molecule has 0 saturated carbocycles. The highest BCUT2D eigenvalue weighted by Gasteiger charge is 2.56. The standard InChI is InChI=1S/C46H67FN6O13/c1-13-33-46(10,58)40-26(5)36(51-35(55)14-2)24(3)19-44(8,61-22-30(21-59-40)52-62-23-29-20-60-41(49-29)31-16-15-17-34(48)50-31)39(27(6)38(56)45(9,47)43(57)65-33)66-42-37(64-28(7)54)32(53(11)12)18-25(4)63-42/h15-17,20,24-25,27,32-33,37,39-40,42,58H,13-14,18-19,21-23H2,1-12H3,(H2,48,50)(H,51,55)/b36-26+,52-30?/t24-,25-,27+,32+,33-,37-,39-,40-,42+,44-,45+,46-/m1/s1. The van der Waals surface area contributed by atoms with E-state index in [4.69, 9.17) is 43.4 Å². The summed E-state index contributed by atoms with van der Waals surface area (Å²) in [6, 6.07) is 4.61. The number of cyclic esters (lactones) is 1. The number of Topliss-reactive ketones (excluding diaryl/α,β-unsaturated/α-hetero) is 1. The van der Waals surface area contributed by atoms with Gasteiger partial charge in [0.15, 0.2) is 24.8 Å². The van der Waals surface area contributed by atoms with Gasteiger partial charge in [-0.1, -0.05) is 38.9 Å². The van der Waals surface area contributed by atoms with Gasteiger partial charge in [0.05, 0.1) is 37.1 Å². The van der Waals surface area contributed by atoms with E-state index in [0.29, 0.717) is 29.1 Å². The minimum absolute atomic E-state index is 0.0308. The van der Waals surface area contributed by atoms with Gasteiger partial charge >= 0.3 is 11.9 Å². The molecule has 12 atom stereocenters. The zero-order chi connectivity index (χ0) is 48.9. The van der Waals surface area contributed by atoms with Gasteiger partial charge in [-0.3, -0.25) is 14.4 Å². The van der Waals surface area contributed by atoms with Crippen LogP contribution in [-0.4, -0.2) is 136 Å². The summed E-state index contributed by atoms with van der Waals surface area (Å²) >= 11 is 0. The Morgan fingerprint density at radius 1 is 1.11 bits per heavy atom. The van der Waals surface area contributed by atoms with Gasteiger partial charge in [-0.25, -0.2) is 19.2 Å². The number of amides is 1. The molecule has 20 heteroatoms. The number of oxime groups is 1. The summed E-state index contributed by atoms with van der Waals surface area (Å²) in [5.41, 5.74) is 0.445. The molecule has 2 aromatic rings. The van der Waals surface area contributed by atoms with Crippen LogP contribution in [-0.2, 0) is 59.0 Å². The van der Waals surface area contributed by atoms with E-state index in [9.17, 15) is 24.3 Å². The van der Waals surface area contributed by atoms with Crippen molar-refractivity contribution in [2.75, 3.05) is 33.0 Å². The summed E-state index contributed by atoms with van der Waals surface area (Å²) in [6.07, 6.45) is -5.19. The fourth-order valence-electron chi connectivity index (χ4n) is 9.05. The van der Waals surface area contributed by atoms with Crippen molar-refractivity contribution in [1.82, 2.24) is 20.2 Å². The van der Waals surface area contributed by atoms with Crippen LogP contribution in [0.2, 0.25) is 0 Å². The van der Waals surface area contributed by atoms with E-state index in [1.54, 1.807) is 45.9 Å². The number of allylic oxidation sites excluding steroid dienone is 1. The number of anilines is 1. The minimum atomic E-state index is -3.27. The molecule has 5 rings (SSSR count). The Bertz CT molecular complexity index is 2130. The van der Waals surface area contributed by atoms with Crippen LogP contribution in [0.4, 0.5) is 10.2 Å². The molecule has 66 heavy (non-hydrogen) atoms. The number of nitrogen functional groups attached to an aromatic ring is 1. The third kappa shape index (κ3) is 11.8. The molecule has 1 saturated heterocycles. The van der Waals surface area contributed by atoms with Crippen LogP contribution in [0.15, 0.2) is 45.3 Å². The van der Waals surface area contributed by atoms with E-state index in [0.717, 1.165) is 6.92 Å². The molecule has 5 heterocycles. The smallest absolute Gasteiger partial charge is 0.351 e. The van der Waals surface area contributed by atoms with E-state index in [2.05, 4.69) is 20.4 Å². The number of hydrogen-bond donors (Lipinski definition) is 3. The van der Waals surface area contributed by atoms with E-state index >= 15 is 4.39 Å². The number of nitrogens with one attached hydrogen (secondary N) is 1. The predicted molar refractivity (Wildman–Crippen MR) is 237 cm³/mol. The van der Waals surface area contributed by atoms with E-state index in [1.807, 2.05) is 32.8 Å². The highest BCUT2D eigenvalue weighted by atomic mass is 19.1. The lowest BCUT2D eigenvalue weighted by Gasteiger charge is -2.48. The molecule has 366 valence electrons. The first-order valence-electron chi connectivity index (χ1n) is 22.4. The summed E-state index contributed by atoms with van der Waals surface area (Å²) in [5, 5.41) is 19.9. The highest BCUT2D eigenvalue weighted by molar-refractivity contribution is 6.07. The number of pyridine rings is 1. The number of rotatable bonds is 11. The molecule has 0 aromatic carbocycles. The average molecular weight is 931 g/mol. The van der Waals surface area contributed by atoms with Crippen LogP contribution in [0, 0.1) is 11.8 Å². The number of aliphatic hydroxyl groups is 1. The molecular formula is C46H67FN6O13. The Morgan fingerprint density at radius 2 is 1.82 bits per heavy atom. The second-order valence-corrected chi connectivity index (χ2v) is 18.3. The SMILES string of the molecule is CCC(=O)N/C1=C(\C)[C@H]2OCC(=NOCc3coc(-c4cccc(N)n4)n3)CO[C@](C)(C[C@H]1C)[C@H](O[C@@H]1O[C@H](C)C[C@H](N(C)C)[C@H]1OC(C)=O)[C@@H](C)C(=O)[C@](C)(F)C(=O)O[C@H](CC)[C@@]2(C)O. The number of ketones is 1. The summed E-state index contributed by atoms with van der Waals surface area (Å²) in [4.78, 5) is 70.9. The first-order chi connectivity index (χ1) is 30.9. The number of fused-ring (bicyclic) bond motifs is 4. The van der Waals surface area contributed by atoms with Crippen molar-refractivity contribution in [3.8, 4) is 11.6 Å². The number of esters is 2. The fourth-order valence-corrected chi connectivity index (χ4v) is 9.05. The number of ether oxygens (including phenoxy) is 6. The molecule has 0 radical (unpaired) electrons. The molecule has 3 aliphatic heterocycles. The number of hydrogen-bond acceptors (Lipinski definition) is 18. The number of carbonyl (C=O) groups excluding carboxylic acids is 4. The molecule has 3 aliphatic rings. The third-order valence-corrected chi connectivity index (χ3v) is 12.5. The van der Waals surface area contributed by atoms with E-state index < -0.39 is 89.3 Å². The molecule has 0 unspecified atom stereocenters. The van der Waals surface area contributed by atoms with Crippen LogP contribution in [0.25, 0.3) is 11.6 Å². The van der Waals surface area contributed by atoms with Gasteiger partial charge in [0.1, 0.15) is 47.0 Å². The second-order valence-electron chi connectivity index (χ2n) is 18.3. The number of alkyl halides is 1. The maximum absolute atomic E-state index is 17.1. The second kappa shape index (κ2) is 21.4. The fraction of sp³-hybridized carbons (Fsp3) is 0.674. The summed E-state index contributed by atoms with van der Waals surface area (Å²) < 4.78 is 60.9. The zero-order valence-corrected chi connectivity index (χ0v) is 40.0. The van der Waals surface area contributed by atoms with Gasteiger partial charge in [-0.05, 0) is 91.6 Å². The summed E-state index contributed by atoms with van der Waals surface area (Å²) in [5.74, 6) is -5.39. The number of carbonyl (C=O) groups is 4. The van der Waals surface area contributed by atoms with Crippen LogP contribution >= 0.6 is 0 Å². The Hall–Kier alpha value is -4.86. The Balaban J connectivity index is 1.70. The molecule has 4 N–H and O–H groups in total. The van der Waals surface area contributed by atoms with Crippen molar-refractivity contribution in [1.29, 1.82) is 0 Å². The van der Waals surface area contributed by atoms with Crippen molar-refractivity contribution in [3.05, 3.63) is 41.4 Å². The number of aromatic nitrogens is 2. The lowest BCUT2D eigenvalue weighted by molar-refractivity contribution is -0.299. The zero-order valence-electron chi connectivity index (χ0n) is 40.0. The van der Waals surface area contributed by atoms with Gasteiger partial charge in [-0.15, -0.1) is 0 Å². The minimum Gasteiger partial charge on any atom is -0.457 e. The lowest BCUT2D eigenvalue weighted by atomic mass is 9.76. The Kier molecular flexibility index (Phi) is 16.9. The number of likely N-dealkylation sites (N-methyl/N-ethyl adjacent to an activating group) is 1. The van der Waals surface area contributed by atoms with Crippen molar-refractivity contribution >= 4 is 35.2 Å². The highest BCUT2D eigenvalue weighted by Crippen LogP contribution is 2.41. The molecule has 2 bridgehead atoms. The van der Waals surface area contributed by atoms with Crippen LogP contribution in [0.1, 0.15) is 101 Å². The van der Waals surface area contributed by atoms with Gasteiger partial charge in [0.25, 0.3) is 5.67 Å². The normalized spacial score (nSPS) is 35.6. The third-order valence-electron chi connectivity index (χ3n) is 12.5. The molecule has 0 aliphatic carbocycles. The van der Waals surface area contributed by atoms with Crippen molar-refractivity contribution in [3.63, 3.8) is 0 Å². The van der Waals surface area contributed by atoms with E-state index in [-0.39, 0.29) is 62.4 Å². The number of nitrogens with two attached hydrogens (primary N) is 1. The number of oxazole rings is 1. The molecule has 1 amide bonds. The van der Waals surface area contributed by atoms with Crippen LogP contribution in [0.3, 0.4) is 0 Å². The summed E-state index contributed by atoms with van der Waals surface area (Å²) in [7, 11) is 3.64. The van der Waals surface area contributed by atoms with Crippen molar-refractivity contribution < 1.29 is 66.4 Å². The largest absolute Gasteiger partial charge is 0.457 e. The predicted octanol–water partition coefficient (Wildman–Crippen LogP) is 4.59. The van der Waals surface area contributed by atoms with Crippen molar-refractivity contribution in [2.24, 2.45) is 17.0 Å². The van der Waals surface area contributed by atoms with Gasteiger partial charge in [0, 0.05) is 25.0 Å². The lowest BCUT2D eigenvalue weighted by Crippen LogP contribution is -2.61. The number of halogens is 1. The molecular weight excluding hydrogens is 864 g/mol. The van der Waals surface area contributed by atoms with E-state index in [1.165, 1.54) is 27.0 Å². The quantitative estimate of drug-likeness (QED) is 0.158. The van der Waals surface area contributed by atoms with Crippen LogP contribution < -0.4 is 11.1 Å². The first-order valence-corrected chi connectivity index (χ1v) is 22.4. The molecule has 19 nitrogen and oxygen atoms in total.